The number of rotatable bonds is 5. The highest BCUT2D eigenvalue weighted by Crippen LogP contribution is 2.48. The lowest BCUT2D eigenvalue weighted by Gasteiger charge is -2.41. The monoisotopic (exact) mass is 401 g/mol. The molecule has 3 rings (SSSR count). The smallest absolute Gasteiger partial charge is 0.282 e. The lowest BCUT2D eigenvalue weighted by atomic mass is 9.79. The number of ether oxygens (including phenoxy) is 2. The molecule has 1 aliphatic heterocycles. The van der Waals surface area contributed by atoms with Crippen molar-refractivity contribution in [2.24, 2.45) is 0 Å². The van der Waals surface area contributed by atoms with Crippen LogP contribution >= 0.6 is 23.2 Å². The summed E-state index contributed by atoms with van der Waals surface area (Å²) in [5, 5.41) is 13.1. The molecule has 6 nitrogen and oxygen atoms in total. The number of hydrogen-bond acceptors (Lipinski definition) is 5. The number of aliphatic hydroxyl groups excluding tert-OH is 1. The molecule has 8 heteroatoms. The predicted octanol–water partition coefficient (Wildman–Crippen LogP) is 3.97. The van der Waals surface area contributed by atoms with Crippen molar-refractivity contribution in [1.29, 1.82) is 0 Å². The van der Waals surface area contributed by atoms with Crippen LogP contribution in [0.2, 0.25) is 10.0 Å². The number of nitrogens with zero attached hydrogens (tertiary/aromatic N) is 1. The van der Waals surface area contributed by atoms with Crippen LogP contribution in [-0.4, -0.2) is 48.7 Å². The maximum absolute atomic E-state index is 13.1. The summed E-state index contributed by atoms with van der Waals surface area (Å²) in [5.74, 6) is -0.475. The summed E-state index contributed by atoms with van der Waals surface area (Å²) < 4.78 is 10.4. The predicted molar refractivity (Wildman–Crippen MR) is 97.8 cm³/mol. The van der Waals surface area contributed by atoms with Gasteiger partial charge in [0, 0.05) is 24.8 Å². The summed E-state index contributed by atoms with van der Waals surface area (Å²) in [6.07, 6.45) is 2.52. The lowest BCUT2D eigenvalue weighted by molar-refractivity contribution is -0.250. The molecular formula is C18H21Cl2NO5. The van der Waals surface area contributed by atoms with Crippen LogP contribution in [0.25, 0.3) is 5.57 Å². The summed E-state index contributed by atoms with van der Waals surface area (Å²) in [4.78, 5) is 18.7. The first-order valence-corrected chi connectivity index (χ1v) is 9.08. The molecule has 0 unspecified atom stereocenters. The molecule has 1 aromatic rings. The Labute approximate surface area is 162 Å². The van der Waals surface area contributed by atoms with Crippen LogP contribution < -0.4 is 0 Å². The van der Waals surface area contributed by atoms with E-state index in [1.165, 1.54) is 12.2 Å². The minimum Gasteiger partial charge on any atom is -0.509 e. The Bertz CT molecular complexity index is 728. The molecule has 2 aliphatic rings. The Hall–Kier alpha value is -1.31. The first-order chi connectivity index (χ1) is 12.4. The summed E-state index contributed by atoms with van der Waals surface area (Å²) in [6, 6.07) is 4.80. The van der Waals surface area contributed by atoms with Gasteiger partial charge in [0.05, 0.1) is 16.7 Å². The lowest BCUT2D eigenvalue weighted by Crippen LogP contribution is -2.51. The summed E-state index contributed by atoms with van der Waals surface area (Å²) >= 11 is 12.2. The topological polar surface area (TPSA) is 68.2 Å². The van der Waals surface area contributed by atoms with Crippen molar-refractivity contribution < 1.29 is 24.2 Å². The molecule has 1 amide bonds. The number of amides is 1. The summed E-state index contributed by atoms with van der Waals surface area (Å²) in [7, 11) is 3.13. The van der Waals surface area contributed by atoms with Gasteiger partial charge in [-0.25, -0.2) is 9.90 Å². The van der Waals surface area contributed by atoms with E-state index in [9.17, 15) is 9.90 Å². The Morgan fingerprint density at radius 2 is 1.96 bits per heavy atom. The molecule has 0 bridgehead atoms. The van der Waals surface area contributed by atoms with E-state index in [0.29, 0.717) is 41.3 Å². The fraction of sp³-hybridized carbons (Fsp3) is 0.500. The Morgan fingerprint density at radius 3 is 2.54 bits per heavy atom. The van der Waals surface area contributed by atoms with Crippen molar-refractivity contribution in [2.45, 2.75) is 37.3 Å². The number of benzene rings is 1. The molecule has 0 atom stereocenters. The van der Waals surface area contributed by atoms with E-state index < -0.39 is 11.4 Å². The number of methoxy groups -OCH3 is 2. The van der Waals surface area contributed by atoms with Crippen molar-refractivity contribution >= 4 is 34.7 Å². The third-order valence-corrected chi connectivity index (χ3v) is 5.61. The van der Waals surface area contributed by atoms with Crippen LogP contribution in [0, 0.1) is 0 Å². The Balaban J connectivity index is 2.04. The summed E-state index contributed by atoms with van der Waals surface area (Å²) in [6.45, 7) is -0.101. The third kappa shape index (κ3) is 3.21. The van der Waals surface area contributed by atoms with Crippen molar-refractivity contribution in [2.75, 3.05) is 21.0 Å². The van der Waals surface area contributed by atoms with Crippen LogP contribution in [0.3, 0.4) is 0 Å². The minimum atomic E-state index is -0.942. The average Bonchev–Trinajstić information content (AvgIpc) is 2.82. The zero-order chi connectivity index (χ0) is 18.9. The second kappa shape index (κ2) is 7.74. The van der Waals surface area contributed by atoms with Gasteiger partial charge in [0.1, 0.15) is 11.3 Å². The standard InChI is InChI=1S/C18H21Cl2NO5/c1-24-10-26-21-17(23)15(13-4-3-11(19)9-14(13)20)16(22)18(21)7-5-12(25-2)6-8-18/h3-4,9,12,22H,5-8,10H2,1-2H3. The molecule has 1 saturated carbocycles. The van der Waals surface area contributed by atoms with Crippen molar-refractivity contribution in [3.05, 3.63) is 39.6 Å². The molecular weight excluding hydrogens is 381 g/mol. The van der Waals surface area contributed by atoms with Gasteiger partial charge in [0.15, 0.2) is 6.79 Å². The first-order valence-electron chi connectivity index (χ1n) is 8.33. The van der Waals surface area contributed by atoms with Crippen LogP contribution in [0.4, 0.5) is 0 Å². The molecule has 0 aromatic heterocycles. The van der Waals surface area contributed by atoms with Crippen molar-refractivity contribution in [1.82, 2.24) is 5.06 Å². The SMILES string of the molecule is COCON1C(=O)C(c2ccc(Cl)cc2Cl)=C(O)C12CCC(OC)CC2. The van der Waals surface area contributed by atoms with E-state index >= 15 is 0 Å². The van der Waals surface area contributed by atoms with Crippen molar-refractivity contribution in [3.8, 4) is 0 Å². The number of carbonyl (C=O) groups excluding carboxylic acids is 1. The first kappa shape index (κ1) is 19.5. The number of aliphatic hydroxyl groups is 1. The van der Waals surface area contributed by atoms with E-state index in [1.807, 2.05) is 0 Å². The molecule has 1 fully saturated rings. The van der Waals surface area contributed by atoms with Gasteiger partial charge in [-0.1, -0.05) is 29.3 Å². The average molecular weight is 402 g/mol. The second-order valence-electron chi connectivity index (χ2n) is 6.45. The molecule has 26 heavy (non-hydrogen) atoms. The van der Waals surface area contributed by atoms with Gasteiger partial charge in [0.2, 0.25) is 0 Å². The molecule has 0 saturated heterocycles. The minimum absolute atomic E-state index is 0.0302. The van der Waals surface area contributed by atoms with E-state index in [1.54, 1.807) is 25.3 Å². The molecule has 142 valence electrons. The third-order valence-electron chi connectivity index (χ3n) is 5.06. The van der Waals surface area contributed by atoms with Gasteiger partial charge in [-0.15, -0.1) is 0 Å². The number of halogens is 2. The fourth-order valence-electron chi connectivity index (χ4n) is 3.69. The van der Waals surface area contributed by atoms with Crippen LogP contribution in [0.15, 0.2) is 24.0 Å². The second-order valence-corrected chi connectivity index (χ2v) is 7.29. The van der Waals surface area contributed by atoms with Crippen LogP contribution in [0.1, 0.15) is 31.2 Å². The zero-order valence-electron chi connectivity index (χ0n) is 14.6. The normalized spacial score (nSPS) is 26.2. The van der Waals surface area contributed by atoms with Gasteiger partial charge < -0.3 is 14.6 Å². The largest absolute Gasteiger partial charge is 0.509 e. The highest BCUT2D eigenvalue weighted by molar-refractivity contribution is 6.37. The fourth-order valence-corrected chi connectivity index (χ4v) is 4.20. The Morgan fingerprint density at radius 1 is 1.27 bits per heavy atom. The quantitative estimate of drug-likeness (QED) is 0.755. The maximum Gasteiger partial charge on any atom is 0.282 e. The molecule has 0 radical (unpaired) electrons. The van der Waals surface area contributed by atoms with E-state index in [-0.39, 0.29) is 24.2 Å². The van der Waals surface area contributed by atoms with Gasteiger partial charge in [-0.2, -0.15) is 0 Å². The number of carbonyl (C=O) groups is 1. The van der Waals surface area contributed by atoms with Gasteiger partial charge >= 0.3 is 0 Å². The highest BCUT2D eigenvalue weighted by atomic mass is 35.5. The van der Waals surface area contributed by atoms with E-state index in [2.05, 4.69) is 0 Å². The van der Waals surface area contributed by atoms with E-state index in [4.69, 9.17) is 37.5 Å². The molecule has 1 aliphatic carbocycles. The van der Waals surface area contributed by atoms with Crippen LogP contribution in [-0.2, 0) is 19.1 Å². The molecule has 1 aromatic carbocycles. The van der Waals surface area contributed by atoms with Gasteiger partial charge in [0.25, 0.3) is 5.91 Å². The molecule has 1 heterocycles. The number of hydroxylamine groups is 2. The molecule has 1 N–H and O–H groups in total. The van der Waals surface area contributed by atoms with Crippen LogP contribution in [0.5, 0.6) is 0 Å². The highest BCUT2D eigenvalue weighted by Gasteiger charge is 2.55. The summed E-state index contributed by atoms with van der Waals surface area (Å²) in [5.41, 5.74) is -0.378. The van der Waals surface area contributed by atoms with Crippen molar-refractivity contribution in [3.63, 3.8) is 0 Å². The maximum atomic E-state index is 13.1. The van der Waals surface area contributed by atoms with E-state index in [0.717, 1.165) is 0 Å². The van der Waals surface area contributed by atoms with Gasteiger partial charge in [-0.3, -0.25) is 4.79 Å². The zero-order valence-corrected chi connectivity index (χ0v) is 16.1. The number of hydrogen-bond donors (Lipinski definition) is 1. The molecule has 1 spiro atoms. The Kier molecular flexibility index (Phi) is 5.79. The van der Waals surface area contributed by atoms with Gasteiger partial charge in [-0.05, 0) is 37.8 Å².